The topological polar surface area (TPSA) is 62.5 Å². The van der Waals surface area contributed by atoms with Gasteiger partial charge in [0.1, 0.15) is 5.58 Å². The van der Waals surface area contributed by atoms with Crippen molar-refractivity contribution in [2.75, 3.05) is 0 Å². The van der Waals surface area contributed by atoms with Crippen molar-refractivity contribution < 1.29 is 14.3 Å². The van der Waals surface area contributed by atoms with Crippen LogP contribution in [0, 0.1) is 5.92 Å². The monoisotopic (exact) mass is 331 g/mol. The fraction of sp³-hybridized carbons (Fsp3) is 0.278. The fourth-order valence-corrected chi connectivity index (χ4v) is 2.97. The molecule has 1 atom stereocenters. The molecule has 0 saturated heterocycles. The average molecular weight is 332 g/mol. The number of para-hydroxylation sites is 1. The summed E-state index contributed by atoms with van der Waals surface area (Å²) in [5, 5.41) is 15.4. The molecule has 3 aromatic rings. The van der Waals surface area contributed by atoms with Gasteiger partial charge in [-0.05, 0) is 19.1 Å². The SMILES string of the molecule is CC(C)C(=O)NC(C)(O)c1ccc2c(oc3ccccc32)c1Cl. The van der Waals surface area contributed by atoms with Gasteiger partial charge in [-0.3, -0.25) is 4.79 Å². The van der Waals surface area contributed by atoms with Crippen molar-refractivity contribution in [2.24, 2.45) is 5.92 Å². The van der Waals surface area contributed by atoms with Crippen molar-refractivity contribution >= 4 is 39.4 Å². The first-order valence-electron chi connectivity index (χ1n) is 7.46. The Bertz CT molecular complexity index is 896. The Morgan fingerprint density at radius 3 is 2.61 bits per heavy atom. The van der Waals surface area contributed by atoms with Crippen molar-refractivity contribution in [3.63, 3.8) is 0 Å². The molecule has 23 heavy (non-hydrogen) atoms. The number of hydrogen-bond donors (Lipinski definition) is 2. The van der Waals surface area contributed by atoms with Crippen LogP contribution in [0.5, 0.6) is 0 Å². The van der Waals surface area contributed by atoms with E-state index in [2.05, 4.69) is 5.32 Å². The van der Waals surface area contributed by atoms with Crippen molar-refractivity contribution in [1.82, 2.24) is 5.32 Å². The van der Waals surface area contributed by atoms with Gasteiger partial charge in [-0.1, -0.05) is 49.7 Å². The second-order valence-electron chi connectivity index (χ2n) is 6.12. The standard InChI is InChI=1S/C18H18ClNO3/c1-10(2)17(21)20-18(3,22)13-9-8-12-11-6-4-5-7-14(11)23-16(12)15(13)19/h4-10,22H,1-3H3,(H,20,21). The Balaban J connectivity index is 2.13. The summed E-state index contributed by atoms with van der Waals surface area (Å²) in [6, 6.07) is 11.2. The maximum absolute atomic E-state index is 11.9. The number of nitrogens with one attached hydrogen (secondary N) is 1. The third kappa shape index (κ3) is 2.69. The van der Waals surface area contributed by atoms with Crippen LogP contribution in [0.3, 0.4) is 0 Å². The zero-order valence-corrected chi connectivity index (χ0v) is 13.9. The molecule has 1 amide bonds. The van der Waals surface area contributed by atoms with Gasteiger partial charge in [0.15, 0.2) is 11.3 Å². The van der Waals surface area contributed by atoms with E-state index < -0.39 is 5.72 Å². The second kappa shape index (κ2) is 5.55. The molecular formula is C18H18ClNO3. The molecular weight excluding hydrogens is 314 g/mol. The zero-order chi connectivity index (χ0) is 16.8. The molecule has 0 aliphatic heterocycles. The third-order valence-corrected chi connectivity index (χ3v) is 4.28. The molecule has 0 spiro atoms. The molecule has 4 nitrogen and oxygen atoms in total. The van der Waals surface area contributed by atoms with Gasteiger partial charge in [-0.15, -0.1) is 0 Å². The number of benzene rings is 2. The van der Waals surface area contributed by atoms with E-state index in [1.807, 2.05) is 30.3 Å². The largest absolute Gasteiger partial charge is 0.454 e. The second-order valence-corrected chi connectivity index (χ2v) is 6.50. The van der Waals surface area contributed by atoms with E-state index in [0.717, 1.165) is 16.4 Å². The van der Waals surface area contributed by atoms with E-state index in [4.69, 9.17) is 16.0 Å². The predicted octanol–water partition coefficient (Wildman–Crippen LogP) is 4.18. The van der Waals surface area contributed by atoms with Crippen LogP contribution in [0.4, 0.5) is 0 Å². The van der Waals surface area contributed by atoms with Crippen LogP contribution >= 0.6 is 11.6 Å². The van der Waals surface area contributed by atoms with E-state index >= 15 is 0 Å². The lowest BCUT2D eigenvalue weighted by Gasteiger charge is -2.27. The van der Waals surface area contributed by atoms with Gasteiger partial charge in [0.25, 0.3) is 0 Å². The van der Waals surface area contributed by atoms with Gasteiger partial charge in [0.2, 0.25) is 5.91 Å². The summed E-state index contributed by atoms with van der Waals surface area (Å²) in [5.41, 5.74) is 0.0579. The van der Waals surface area contributed by atoms with E-state index in [1.54, 1.807) is 19.9 Å². The Kier molecular flexibility index (Phi) is 3.82. The average Bonchev–Trinajstić information content (AvgIpc) is 2.86. The van der Waals surface area contributed by atoms with Crippen LogP contribution in [0.15, 0.2) is 40.8 Å². The lowest BCUT2D eigenvalue weighted by Crippen LogP contribution is -2.45. The van der Waals surface area contributed by atoms with Gasteiger partial charge in [-0.2, -0.15) is 0 Å². The van der Waals surface area contributed by atoms with Crippen LogP contribution in [-0.2, 0) is 10.5 Å². The van der Waals surface area contributed by atoms with E-state index in [0.29, 0.717) is 16.2 Å². The molecule has 1 unspecified atom stereocenters. The lowest BCUT2D eigenvalue weighted by atomic mass is 10.0. The molecule has 0 aliphatic rings. The maximum Gasteiger partial charge on any atom is 0.224 e. The van der Waals surface area contributed by atoms with Crippen molar-refractivity contribution in [2.45, 2.75) is 26.5 Å². The summed E-state index contributed by atoms with van der Waals surface area (Å²) in [6.45, 7) is 5.02. The number of amides is 1. The molecule has 120 valence electrons. The Labute approximate surface area is 139 Å². The number of fused-ring (bicyclic) bond motifs is 3. The fourth-order valence-electron chi connectivity index (χ4n) is 2.58. The van der Waals surface area contributed by atoms with Crippen LogP contribution in [0.25, 0.3) is 21.9 Å². The molecule has 5 heteroatoms. The van der Waals surface area contributed by atoms with Crippen LogP contribution in [-0.4, -0.2) is 11.0 Å². The molecule has 1 heterocycles. The Morgan fingerprint density at radius 1 is 1.22 bits per heavy atom. The molecule has 1 aromatic heterocycles. The zero-order valence-electron chi connectivity index (χ0n) is 13.2. The van der Waals surface area contributed by atoms with E-state index in [9.17, 15) is 9.90 Å². The number of carbonyl (C=O) groups excluding carboxylic acids is 1. The molecule has 0 saturated carbocycles. The lowest BCUT2D eigenvalue weighted by molar-refractivity contribution is -0.131. The first kappa shape index (κ1) is 15.8. The molecule has 3 rings (SSSR count). The molecule has 2 N–H and O–H groups in total. The van der Waals surface area contributed by atoms with Gasteiger partial charge in [0.05, 0.1) is 5.02 Å². The van der Waals surface area contributed by atoms with Crippen molar-refractivity contribution in [1.29, 1.82) is 0 Å². The summed E-state index contributed by atoms with van der Waals surface area (Å²) in [7, 11) is 0. The number of carbonyl (C=O) groups is 1. The normalized spacial score (nSPS) is 14.3. The highest BCUT2D eigenvalue weighted by Gasteiger charge is 2.30. The summed E-state index contributed by atoms with van der Waals surface area (Å²) < 4.78 is 5.82. The van der Waals surface area contributed by atoms with Crippen molar-refractivity contribution in [3.8, 4) is 0 Å². The summed E-state index contributed by atoms with van der Waals surface area (Å²) >= 11 is 6.46. The summed E-state index contributed by atoms with van der Waals surface area (Å²) in [5.74, 6) is -0.494. The van der Waals surface area contributed by atoms with Gasteiger partial charge in [-0.25, -0.2) is 0 Å². The molecule has 0 aliphatic carbocycles. The minimum atomic E-state index is -1.58. The number of furan rings is 1. The Hall–Kier alpha value is -2.04. The molecule has 0 radical (unpaired) electrons. The van der Waals surface area contributed by atoms with Crippen LogP contribution < -0.4 is 5.32 Å². The van der Waals surface area contributed by atoms with E-state index in [1.165, 1.54) is 6.92 Å². The maximum atomic E-state index is 11.9. The Morgan fingerprint density at radius 2 is 1.91 bits per heavy atom. The molecule has 0 fully saturated rings. The highest BCUT2D eigenvalue weighted by atomic mass is 35.5. The highest BCUT2D eigenvalue weighted by Crippen LogP contribution is 2.38. The minimum Gasteiger partial charge on any atom is -0.454 e. The minimum absolute atomic E-state index is 0.241. The summed E-state index contributed by atoms with van der Waals surface area (Å²) in [6.07, 6.45) is 0. The summed E-state index contributed by atoms with van der Waals surface area (Å²) in [4.78, 5) is 11.9. The third-order valence-electron chi connectivity index (χ3n) is 3.90. The van der Waals surface area contributed by atoms with Gasteiger partial charge >= 0.3 is 0 Å². The van der Waals surface area contributed by atoms with Crippen LogP contribution in [0.1, 0.15) is 26.3 Å². The predicted molar refractivity (Wildman–Crippen MR) is 91.3 cm³/mol. The molecule has 0 bridgehead atoms. The smallest absolute Gasteiger partial charge is 0.224 e. The quantitative estimate of drug-likeness (QED) is 0.708. The number of rotatable bonds is 3. The number of aliphatic hydroxyl groups is 1. The molecule has 2 aromatic carbocycles. The highest BCUT2D eigenvalue weighted by molar-refractivity contribution is 6.36. The van der Waals surface area contributed by atoms with Crippen LogP contribution in [0.2, 0.25) is 5.02 Å². The first-order chi connectivity index (χ1) is 10.8. The number of halogens is 1. The van der Waals surface area contributed by atoms with E-state index in [-0.39, 0.29) is 11.8 Å². The van der Waals surface area contributed by atoms with Gasteiger partial charge in [0, 0.05) is 22.3 Å². The first-order valence-corrected chi connectivity index (χ1v) is 7.83. The van der Waals surface area contributed by atoms with Gasteiger partial charge < -0.3 is 14.8 Å². The van der Waals surface area contributed by atoms with Crippen molar-refractivity contribution in [3.05, 3.63) is 47.0 Å². The number of hydrogen-bond acceptors (Lipinski definition) is 3.